The number of nitrogens with one attached hydrogen (secondary N) is 1. The van der Waals surface area contributed by atoms with E-state index in [1.54, 1.807) is 19.2 Å². The Balaban J connectivity index is 2.42. The van der Waals surface area contributed by atoms with Crippen LogP contribution in [0.25, 0.3) is 11.1 Å². The molecule has 112 valence electrons. The van der Waals surface area contributed by atoms with Gasteiger partial charge in [0.05, 0.1) is 5.56 Å². The molecule has 0 radical (unpaired) electrons. The van der Waals surface area contributed by atoms with E-state index in [1.807, 2.05) is 6.92 Å². The molecule has 2 rings (SSSR count). The van der Waals surface area contributed by atoms with Crippen LogP contribution < -0.4 is 5.32 Å². The van der Waals surface area contributed by atoms with Crippen LogP contribution in [-0.4, -0.2) is 7.05 Å². The molecule has 1 atom stereocenters. The van der Waals surface area contributed by atoms with Crippen LogP contribution in [0.5, 0.6) is 0 Å². The van der Waals surface area contributed by atoms with Gasteiger partial charge >= 0.3 is 6.18 Å². The summed E-state index contributed by atoms with van der Waals surface area (Å²) in [7, 11) is 1.78. The van der Waals surface area contributed by atoms with Crippen LogP contribution >= 0.6 is 0 Å². The van der Waals surface area contributed by atoms with Gasteiger partial charge in [0.15, 0.2) is 0 Å². The predicted octanol–water partition coefficient (Wildman–Crippen LogP) is 4.79. The van der Waals surface area contributed by atoms with Crippen LogP contribution in [-0.2, 0) is 6.18 Å². The molecule has 0 spiro atoms. The van der Waals surface area contributed by atoms with Gasteiger partial charge in [0.25, 0.3) is 0 Å². The second-order valence-electron chi connectivity index (χ2n) is 4.82. The first-order valence-corrected chi connectivity index (χ1v) is 6.47. The van der Waals surface area contributed by atoms with Crippen molar-refractivity contribution in [1.29, 1.82) is 0 Å². The number of hydrogen-bond acceptors (Lipinski definition) is 1. The number of hydrogen-bond donors (Lipinski definition) is 1. The maximum Gasteiger partial charge on any atom is 0.416 e. The standard InChI is InChI=1S/C16H15F4N/c1-10(21-2)12-5-8-15(17)14(9-12)11-3-6-13(7-4-11)16(18,19)20/h3-10,21H,1-2H3. The minimum absolute atomic E-state index is 0.0267. The second-order valence-corrected chi connectivity index (χ2v) is 4.82. The van der Waals surface area contributed by atoms with Crippen molar-refractivity contribution in [3.05, 3.63) is 59.4 Å². The molecule has 1 unspecified atom stereocenters. The van der Waals surface area contributed by atoms with Crippen LogP contribution in [0.1, 0.15) is 24.1 Å². The van der Waals surface area contributed by atoms with E-state index in [9.17, 15) is 17.6 Å². The second kappa shape index (κ2) is 5.85. The minimum Gasteiger partial charge on any atom is -0.313 e. The summed E-state index contributed by atoms with van der Waals surface area (Å²) in [5, 5.41) is 3.04. The fourth-order valence-electron chi connectivity index (χ4n) is 2.04. The summed E-state index contributed by atoms with van der Waals surface area (Å²) >= 11 is 0. The molecule has 21 heavy (non-hydrogen) atoms. The normalized spacial score (nSPS) is 13.2. The molecule has 0 bridgehead atoms. The Morgan fingerprint density at radius 1 is 1.00 bits per heavy atom. The quantitative estimate of drug-likeness (QED) is 0.803. The number of halogens is 4. The van der Waals surface area contributed by atoms with Crippen molar-refractivity contribution >= 4 is 0 Å². The molecule has 0 aliphatic carbocycles. The highest BCUT2D eigenvalue weighted by Gasteiger charge is 2.30. The van der Waals surface area contributed by atoms with Crippen molar-refractivity contribution in [2.24, 2.45) is 0 Å². The van der Waals surface area contributed by atoms with Crippen molar-refractivity contribution in [1.82, 2.24) is 5.32 Å². The summed E-state index contributed by atoms with van der Waals surface area (Å²) in [5.74, 6) is -0.457. The Morgan fingerprint density at radius 2 is 1.62 bits per heavy atom. The van der Waals surface area contributed by atoms with Crippen molar-refractivity contribution in [3.63, 3.8) is 0 Å². The van der Waals surface area contributed by atoms with E-state index in [1.165, 1.54) is 18.2 Å². The Morgan fingerprint density at radius 3 is 2.14 bits per heavy atom. The third-order valence-corrected chi connectivity index (χ3v) is 3.45. The van der Waals surface area contributed by atoms with Gasteiger partial charge in [0.2, 0.25) is 0 Å². The lowest BCUT2D eigenvalue weighted by molar-refractivity contribution is -0.137. The summed E-state index contributed by atoms with van der Waals surface area (Å²) in [5.41, 5.74) is 0.842. The van der Waals surface area contributed by atoms with Gasteiger partial charge in [-0.3, -0.25) is 0 Å². The lowest BCUT2D eigenvalue weighted by Gasteiger charge is -2.13. The van der Waals surface area contributed by atoms with E-state index in [0.29, 0.717) is 11.1 Å². The van der Waals surface area contributed by atoms with Gasteiger partial charge in [-0.1, -0.05) is 18.2 Å². The molecule has 1 nitrogen and oxygen atoms in total. The van der Waals surface area contributed by atoms with Crippen molar-refractivity contribution in [3.8, 4) is 11.1 Å². The largest absolute Gasteiger partial charge is 0.416 e. The molecule has 2 aromatic carbocycles. The van der Waals surface area contributed by atoms with Gasteiger partial charge in [-0.05, 0) is 49.4 Å². The molecule has 0 amide bonds. The molecule has 0 aliphatic heterocycles. The first kappa shape index (κ1) is 15.5. The van der Waals surface area contributed by atoms with E-state index in [4.69, 9.17) is 0 Å². The minimum atomic E-state index is -4.39. The molecular formula is C16H15F4N. The van der Waals surface area contributed by atoms with Gasteiger partial charge in [-0.15, -0.1) is 0 Å². The summed E-state index contributed by atoms with van der Waals surface area (Å²) in [6, 6.07) is 9.16. The fraction of sp³-hybridized carbons (Fsp3) is 0.250. The van der Waals surface area contributed by atoms with Crippen LogP contribution in [0.4, 0.5) is 17.6 Å². The highest BCUT2D eigenvalue weighted by molar-refractivity contribution is 5.65. The molecule has 0 aromatic heterocycles. The summed E-state index contributed by atoms with van der Waals surface area (Å²) < 4.78 is 51.5. The molecule has 5 heteroatoms. The molecule has 0 fully saturated rings. The molecule has 2 aromatic rings. The lowest BCUT2D eigenvalue weighted by atomic mass is 9.98. The predicted molar refractivity (Wildman–Crippen MR) is 74.3 cm³/mol. The Bertz CT molecular complexity index is 617. The zero-order chi connectivity index (χ0) is 15.6. The highest BCUT2D eigenvalue weighted by Crippen LogP contribution is 2.32. The van der Waals surface area contributed by atoms with Gasteiger partial charge in [-0.2, -0.15) is 13.2 Å². The van der Waals surface area contributed by atoms with Crippen LogP contribution in [0.3, 0.4) is 0 Å². The molecule has 1 N–H and O–H groups in total. The maximum atomic E-state index is 13.9. The van der Waals surface area contributed by atoms with E-state index in [-0.39, 0.29) is 6.04 Å². The Kier molecular flexibility index (Phi) is 4.32. The number of benzene rings is 2. The van der Waals surface area contributed by atoms with E-state index >= 15 is 0 Å². The van der Waals surface area contributed by atoms with Crippen LogP contribution in [0.15, 0.2) is 42.5 Å². The van der Waals surface area contributed by atoms with E-state index in [2.05, 4.69) is 5.32 Å². The highest BCUT2D eigenvalue weighted by atomic mass is 19.4. The smallest absolute Gasteiger partial charge is 0.313 e. The molecule has 0 aliphatic rings. The molecule has 0 saturated heterocycles. The molecule has 0 heterocycles. The average Bonchev–Trinajstić information content (AvgIpc) is 2.46. The van der Waals surface area contributed by atoms with Gasteiger partial charge < -0.3 is 5.32 Å². The summed E-state index contributed by atoms with van der Waals surface area (Å²) in [6.45, 7) is 1.92. The van der Waals surface area contributed by atoms with Gasteiger partial charge in [-0.25, -0.2) is 4.39 Å². The van der Waals surface area contributed by atoms with Crippen molar-refractivity contribution < 1.29 is 17.6 Å². The van der Waals surface area contributed by atoms with Crippen molar-refractivity contribution in [2.75, 3.05) is 7.05 Å². The van der Waals surface area contributed by atoms with E-state index < -0.39 is 17.6 Å². The summed E-state index contributed by atoms with van der Waals surface area (Å²) in [6.07, 6.45) is -4.39. The third-order valence-electron chi connectivity index (χ3n) is 3.45. The first-order valence-electron chi connectivity index (χ1n) is 6.47. The first-order chi connectivity index (χ1) is 9.82. The fourth-order valence-corrected chi connectivity index (χ4v) is 2.04. The number of rotatable bonds is 3. The monoisotopic (exact) mass is 297 g/mol. The topological polar surface area (TPSA) is 12.0 Å². The third kappa shape index (κ3) is 3.42. The van der Waals surface area contributed by atoms with Crippen LogP contribution in [0, 0.1) is 5.82 Å². The zero-order valence-electron chi connectivity index (χ0n) is 11.6. The van der Waals surface area contributed by atoms with Crippen LogP contribution in [0.2, 0.25) is 0 Å². The average molecular weight is 297 g/mol. The SMILES string of the molecule is CNC(C)c1ccc(F)c(-c2ccc(C(F)(F)F)cc2)c1. The summed E-state index contributed by atoms with van der Waals surface area (Å²) in [4.78, 5) is 0. The molecular weight excluding hydrogens is 282 g/mol. The van der Waals surface area contributed by atoms with E-state index in [0.717, 1.165) is 17.7 Å². The Labute approximate surface area is 120 Å². The lowest BCUT2D eigenvalue weighted by Crippen LogP contribution is -2.12. The van der Waals surface area contributed by atoms with Crippen molar-refractivity contribution in [2.45, 2.75) is 19.1 Å². The molecule has 0 saturated carbocycles. The zero-order valence-corrected chi connectivity index (χ0v) is 11.6. The number of alkyl halides is 3. The maximum absolute atomic E-state index is 13.9. The van der Waals surface area contributed by atoms with Gasteiger partial charge in [0, 0.05) is 11.6 Å². The Hall–Kier alpha value is -1.88. The van der Waals surface area contributed by atoms with Gasteiger partial charge in [0.1, 0.15) is 5.82 Å².